The van der Waals surface area contributed by atoms with Gasteiger partial charge in [-0.25, -0.2) is 0 Å². The second-order valence-corrected chi connectivity index (χ2v) is 4.65. The lowest BCUT2D eigenvalue weighted by Crippen LogP contribution is -2.14. The number of hydrogen-bond donors (Lipinski definition) is 1. The molecule has 1 unspecified atom stereocenters. The van der Waals surface area contributed by atoms with Gasteiger partial charge < -0.3 is 19.3 Å². The summed E-state index contributed by atoms with van der Waals surface area (Å²) in [6.45, 7) is 0. The number of methoxy groups -OCH3 is 3. The van der Waals surface area contributed by atoms with Gasteiger partial charge in [0.15, 0.2) is 5.78 Å². The second kappa shape index (κ2) is 5.86. The van der Waals surface area contributed by atoms with E-state index in [0.29, 0.717) is 30.1 Å². The Labute approximate surface area is 117 Å². The first-order valence-corrected chi connectivity index (χ1v) is 6.31. The molecule has 1 aliphatic rings. The van der Waals surface area contributed by atoms with Crippen LogP contribution in [0.3, 0.4) is 0 Å². The van der Waals surface area contributed by atoms with E-state index in [0.717, 1.165) is 5.56 Å². The summed E-state index contributed by atoms with van der Waals surface area (Å²) in [5, 5.41) is 9.67. The van der Waals surface area contributed by atoms with Crippen molar-refractivity contribution < 1.29 is 24.1 Å². The SMILES string of the molecule is COc1cc(OC)c(C2CC(=O)C=C(O)C2)c(OC)c1. The molecule has 0 fully saturated rings. The van der Waals surface area contributed by atoms with Crippen LogP contribution in [0.4, 0.5) is 0 Å². The van der Waals surface area contributed by atoms with E-state index in [1.54, 1.807) is 33.5 Å². The fourth-order valence-electron chi connectivity index (χ4n) is 2.51. The van der Waals surface area contributed by atoms with Gasteiger partial charge >= 0.3 is 0 Å². The van der Waals surface area contributed by atoms with Gasteiger partial charge in [-0.1, -0.05) is 0 Å². The maximum absolute atomic E-state index is 11.6. The summed E-state index contributed by atoms with van der Waals surface area (Å²) in [7, 11) is 4.67. The largest absolute Gasteiger partial charge is 0.512 e. The summed E-state index contributed by atoms with van der Waals surface area (Å²) >= 11 is 0. The van der Waals surface area contributed by atoms with E-state index in [1.165, 1.54) is 6.08 Å². The van der Waals surface area contributed by atoms with Crippen LogP contribution < -0.4 is 14.2 Å². The first kappa shape index (κ1) is 14.2. The summed E-state index contributed by atoms with van der Waals surface area (Å²) in [5.74, 6) is 1.62. The molecule has 5 heteroatoms. The highest BCUT2D eigenvalue weighted by atomic mass is 16.5. The molecule has 0 aromatic heterocycles. The maximum Gasteiger partial charge on any atom is 0.159 e. The van der Waals surface area contributed by atoms with Crippen LogP contribution in [0.15, 0.2) is 24.0 Å². The predicted molar refractivity (Wildman–Crippen MR) is 73.8 cm³/mol. The molecule has 0 spiro atoms. The molecule has 0 bridgehead atoms. The van der Waals surface area contributed by atoms with E-state index in [2.05, 4.69) is 0 Å². The second-order valence-electron chi connectivity index (χ2n) is 4.65. The van der Waals surface area contributed by atoms with Gasteiger partial charge in [0.25, 0.3) is 0 Å². The summed E-state index contributed by atoms with van der Waals surface area (Å²) in [5.41, 5.74) is 0.781. The molecule has 0 heterocycles. The molecule has 1 N–H and O–H groups in total. The van der Waals surface area contributed by atoms with Gasteiger partial charge in [-0.15, -0.1) is 0 Å². The first-order chi connectivity index (χ1) is 9.58. The van der Waals surface area contributed by atoms with Crippen molar-refractivity contribution in [3.63, 3.8) is 0 Å². The Bertz CT molecular complexity index is 522. The van der Waals surface area contributed by atoms with Crippen LogP contribution in [-0.4, -0.2) is 32.2 Å². The molecule has 1 aliphatic carbocycles. The maximum atomic E-state index is 11.6. The zero-order valence-electron chi connectivity index (χ0n) is 11.8. The third-order valence-corrected chi connectivity index (χ3v) is 3.39. The fraction of sp³-hybridized carbons (Fsp3) is 0.400. The lowest BCUT2D eigenvalue weighted by molar-refractivity contribution is -0.115. The number of aliphatic hydroxyl groups is 1. The fourth-order valence-corrected chi connectivity index (χ4v) is 2.51. The normalized spacial score (nSPS) is 18.4. The standard InChI is InChI=1S/C15H18O5/c1-18-12-7-13(19-2)15(14(8-12)20-3)9-4-10(16)6-11(17)5-9/h6-9,16H,4-5H2,1-3H3. The number of rotatable bonds is 4. The minimum Gasteiger partial charge on any atom is -0.512 e. The van der Waals surface area contributed by atoms with E-state index in [9.17, 15) is 9.90 Å². The van der Waals surface area contributed by atoms with Gasteiger partial charge in [0.05, 0.1) is 27.1 Å². The average Bonchev–Trinajstić information content (AvgIpc) is 2.44. The Kier molecular flexibility index (Phi) is 4.17. The Balaban J connectivity index is 2.49. The third kappa shape index (κ3) is 2.71. The number of aliphatic hydroxyl groups excluding tert-OH is 1. The van der Waals surface area contributed by atoms with Crippen molar-refractivity contribution in [2.45, 2.75) is 18.8 Å². The van der Waals surface area contributed by atoms with Crippen LogP contribution in [0.1, 0.15) is 24.3 Å². The summed E-state index contributed by atoms with van der Waals surface area (Å²) in [6.07, 6.45) is 1.99. The van der Waals surface area contributed by atoms with Crippen LogP contribution >= 0.6 is 0 Å². The highest BCUT2D eigenvalue weighted by Crippen LogP contribution is 2.43. The minimum absolute atomic E-state index is 0.0891. The number of ketones is 1. The summed E-state index contributed by atoms with van der Waals surface area (Å²) < 4.78 is 16.0. The molecule has 1 aromatic carbocycles. The molecular weight excluding hydrogens is 260 g/mol. The topological polar surface area (TPSA) is 65.0 Å². The Hall–Kier alpha value is -2.17. The average molecular weight is 278 g/mol. The van der Waals surface area contributed by atoms with Gasteiger partial charge in [-0.05, 0) is 0 Å². The number of carbonyl (C=O) groups is 1. The van der Waals surface area contributed by atoms with E-state index < -0.39 is 0 Å². The molecule has 2 rings (SSSR count). The predicted octanol–water partition coefficient (Wildman–Crippen LogP) is 2.60. The molecule has 1 atom stereocenters. The van der Waals surface area contributed by atoms with Gasteiger partial charge in [0, 0.05) is 42.5 Å². The molecule has 5 nitrogen and oxygen atoms in total. The van der Waals surface area contributed by atoms with E-state index in [4.69, 9.17) is 14.2 Å². The summed E-state index contributed by atoms with van der Waals surface area (Å²) in [4.78, 5) is 11.6. The molecule has 0 saturated carbocycles. The highest BCUT2D eigenvalue weighted by Gasteiger charge is 2.28. The monoisotopic (exact) mass is 278 g/mol. The highest BCUT2D eigenvalue weighted by molar-refractivity contribution is 5.91. The molecule has 1 aromatic rings. The number of carbonyl (C=O) groups excluding carboxylic acids is 1. The Morgan fingerprint density at radius 1 is 1.05 bits per heavy atom. The zero-order chi connectivity index (χ0) is 14.7. The lowest BCUT2D eigenvalue weighted by Gasteiger charge is -2.24. The van der Waals surface area contributed by atoms with Gasteiger partial charge in [-0.3, -0.25) is 4.79 Å². The molecule has 0 aliphatic heterocycles. The number of ether oxygens (including phenoxy) is 3. The van der Waals surface area contributed by atoms with E-state index >= 15 is 0 Å². The Morgan fingerprint density at radius 2 is 1.65 bits per heavy atom. The van der Waals surface area contributed by atoms with Crippen molar-refractivity contribution in [2.75, 3.05) is 21.3 Å². The van der Waals surface area contributed by atoms with E-state index in [1.807, 2.05) is 0 Å². The molecular formula is C15H18O5. The van der Waals surface area contributed by atoms with Crippen molar-refractivity contribution in [3.8, 4) is 17.2 Å². The van der Waals surface area contributed by atoms with Crippen molar-refractivity contribution in [3.05, 3.63) is 29.5 Å². The molecule has 0 saturated heterocycles. The van der Waals surface area contributed by atoms with Crippen molar-refractivity contribution >= 4 is 5.78 Å². The summed E-state index contributed by atoms with van der Waals surface area (Å²) in [6, 6.07) is 3.50. The van der Waals surface area contributed by atoms with Gasteiger partial charge in [0.2, 0.25) is 0 Å². The van der Waals surface area contributed by atoms with Gasteiger partial charge in [-0.2, -0.15) is 0 Å². The van der Waals surface area contributed by atoms with E-state index in [-0.39, 0.29) is 17.5 Å². The van der Waals surface area contributed by atoms with Crippen LogP contribution in [0.25, 0.3) is 0 Å². The van der Waals surface area contributed by atoms with Crippen molar-refractivity contribution in [1.82, 2.24) is 0 Å². The van der Waals surface area contributed by atoms with Gasteiger partial charge in [0.1, 0.15) is 17.2 Å². The number of benzene rings is 1. The molecule has 108 valence electrons. The van der Waals surface area contributed by atoms with Crippen LogP contribution in [-0.2, 0) is 4.79 Å². The molecule has 20 heavy (non-hydrogen) atoms. The lowest BCUT2D eigenvalue weighted by atomic mass is 9.85. The van der Waals surface area contributed by atoms with Crippen molar-refractivity contribution in [1.29, 1.82) is 0 Å². The van der Waals surface area contributed by atoms with Crippen LogP contribution in [0.5, 0.6) is 17.2 Å². The van der Waals surface area contributed by atoms with Crippen molar-refractivity contribution in [2.24, 2.45) is 0 Å². The smallest absolute Gasteiger partial charge is 0.159 e. The minimum atomic E-state index is -0.164. The Morgan fingerprint density at radius 3 is 2.10 bits per heavy atom. The van der Waals surface area contributed by atoms with Crippen LogP contribution in [0.2, 0.25) is 0 Å². The molecule has 0 amide bonds. The number of hydrogen-bond acceptors (Lipinski definition) is 5. The number of allylic oxidation sites excluding steroid dienone is 2. The third-order valence-electron chi connectivity index (χ3n) is 3.39. The first-order valence-electron chi connectivity index (χ1n) is 6.31. The molecule has 0 radical (unpaired) electrons. The van der Waals surface area contributed by atoms with Crippen LogP contribution in [0, 0.1) is 0 Å². The quantitative estimate of drug-likeness (QED) is 0.917. The zero-order valence-corrected chi connectivity index (χ0v) is 11.8.